The van der Waals surface area contributed by atoms with E-state index in [2.05, 4.69) is 46.9 Å². The molecule has 5 nitrogen and oxygen atoms in total. The zero-order valence-corrected chi connectivity index (χ0v) is 15.6. The second-order valence-electron chi connectivity index (χ2n) is 6.54. The van der Waals surface area contributed by atoms with E-state index in [9.17, 15) is 4.79 Å². The Kier molecular flexibility index (Phi) is 5.56. The van der Waals surface area contributed by atoms with E-state index in [1.807, 2.05) is 29.2 Å². The Morgan fingerprint density at radius 1 is 1.04 bits per heavy atom. The summed E-state index contributed by atoms with van der Waals surface area (Å²) >= 11 is 0. The molecule has 0 N–H and O–H groups in total. The van der Waals surface area contributed by atoms with Gasteiger partial charge in [0.1, 0.15) is 7.11 Å². The zero-order chi connectivity index (χ0) is 18.5. The van der Waals surface area contributed by atoms with Crippen LogP contribution in [0.3, 0.4) is 0 Å². The molecule has 3 rings (SSSR count). The molecule has 1 aliphatic heterocycles. The van der Waals surface area contributed by atoms with Gasteiger partial charge in [-0.2, -0.15) is 0 Å². The Balaban J connectivity index is 1.63. The van der Waals surface area contributed by atoms with Crippen LogP contribution in [0.15, 0.2) is 47.6 Å². The number of amides is 1. The highest BCUT2D eigenvalue weighted by molar-refractivity contribution is 5.95. The van der Waals surface area contributed by atoms with Gasteiger partial charge in [0.05, 0.1) is 6.21 Å². The van der Waals surface area contributed by atoms with E-state index in [0.717, 1.165) is 31.7 Å². The lowest BCUT2D eigenvalue weighted by Gasteiger charge is -2.37. The van der Waals surface area contributed by atoms with Gasteiger partial charge in [-0.15, -0.1) is 0 Å². The van der Waals surface area contributed by atoms with Crippen LogP contribution in [0.2, 0.25) is 0 Å². The Morgan fingerprint density at radius 2 is 1.73 bits per heavy atom. The molecule has 1 saturated heterocycles. The van der Waals surface area contributed by atoms with Crippen molar-refractivity contribution in [1.82, 2.24) is 4.90 Å². The van der Waals surface area contributed by atoms with E-state index in [-0.39, 0.29) is 5.91 Å². The molecule has 2 aromatic rings. The van der Waals surface area contributed by atoms with Crippen LogP contribution < -0.4 is 4.90 Å². The maximum Gasteiger partial charge on any atom is 0.253 e. The molecular weight excluding hydrogens is 326 g/mol. The van der Waals surface area contributed by atoms with E-state index in [4.69, 9.17) is 0 Å². The van der Waals surface area contributed by atoms with Gasteiger partial charge in [-0.1, -0.05) is 29.4 Å². The van der Waals surface area contributed by atoms with Crippen molar-refractivity contribution in [2.24, 2.45) is 5.16 Å². The molecule has 0 aromatic heterocycles. The quantitative estimate of drug-likeness (QED) is 0.627. The van der Waals surface area contributed by atoms with Gasteiger partial charge in [-0.3, -0.25) is 4.79 Å². The maximum atomic E-state index is 12.7. The van der Waals surface area contributed by atoms with Crippen LogP contribution >= 0.6 is 0 Å². The summed E-state index contributed by atoms with van der Waals surface area (Å²) in [7, 11) is 1.51. The van der Waals surface area contributed by atoms with Crippen LogP contribution in [0.4, 0.5) is 5.69 Å². The van der Waals surface area contributed by atoms with Crippen LogP contribution in [0.25, 0.3) is 0 Å². The minimum absolute atomic E-state index is 0.0841. The summed E-state index contributed by atoms with van der Waals surface area (Å²) in [6.45, 7) is 7.48. The number of oxime groups is 1. The SMILES string of the molecule is CO/N=C/c1ccc(C(=O)N2CCN(c3cccc(C)c3C)CC2)cc1. The topological polar surface area (TPSA) is 45.1 Å². The van der Waals surface area contributed by atoms with Crippen molar-refractivity contribution < 1.29 is 9.63 Å². The van der Waals surface area contributed by atoms with Crippen molar-refractivity contribution in [2.45, 2.75) is 13.8 Å². The summed E-state index contributed by atoms with van der Waals surface area (Å²) in [5.74, 6) is 0.0841. The van der Waals surface area contributed by atoms with Gasteiger partial charge >= 0.3 is 0 Å². The highest BCUT2D eigenvalue weighted by Crippen LogP contribution is 2.24. The van der Waals surface area contributed by atoms with Crippen molar-refractivity contribution in [1.29, 1.82) is 0 Å². The zero-order valence-electron chi connectivity index (χ0n) is 15.6. The average Bonchev–Trinajstić information content (AvgIpc) is 2.68. The van der Waals surface area contributed by atoms with E-state index < -0.39 is 0 Å². The molecule has 0 atom stereocenters. The van der Waals surface area contributed by atoms with Crippen molar-refractivity contribution in [2.75, 3.05) is 38.2 Å². The van der Waals surface area contributed by atoms with Crippen LogP contribution in [-0.4, -0.2) is 50.3 Å². The van der Waals surface area contributed by atoms with Crippen LogP contribution in [-0.2, 0) is 4.84 Å². The first-order valence-electron chi connectivity index (χ1n) is 8.87. The second-order valence-corrected chi connectivity index (χ2v) is 6.54. The highest BCUT2D eigenvalue weighted by Gasteiger charge is 2.23. The number of hydrogen-bond acceptors (Lipinski definition) is 4. The Labute approximate surface area is 154 Å². The number of nitrogens with zero attached hydrogens (tertiary/aromatic N) is 3. The number of rotatable bonds is 4. The smallest absolute Gasteiger partial charge is 0.253 e. The number of carbonyl (C=O) groups excluding carboxylic acids is 1. The van der Waals surface area contributed by atoms with E-state index in [0.29, 0.717) is 5.56 Å². The molecule has 0 aliphatic carbocycles. The molecular formula is C21H25N3O2. The van der Waals surface area contributed by atoms with Gasteiger partial charge in [0.15, 0.2) is 0 Å². The van der Waals surface area contributed by atoms with E-state index in [1.54, 1.807) is 6.21 Å². The number of anilines is 1. The number of carbonyl (C=O) groups is 1. The van der Waals surface area contributed by atoms with Crippen molar-refractivity contribution in [3.05, 3.63) is 64.7 Å². The summed E-state index contributed by atoms with van der Waals surface area (Å²) < 4.78 is 0. The Hall–Kier alpha value is -2.82. The van der Waals surface area contributed by atoms with Gasteiger partial charge in [0, 0.05) is 37.4 Å². The molecule has 1 heterocycles. The number of hydrogen-bond donors (Lipinski definition) is 0. The van der Waals surface area contributed by atoms with Crippen LogP contribution in [0.1, 0.15) is 27.0 Å². The molecule has 0 spiro atoms. The molecule has 0 radical (unpaired) electrons. The van der Waals surface area contributed by atoms with E-state index in [1.165, 1.54) is 23.9 Å². The number of aryl methyl sites for hydroxylation is 1. The molecule has 0 saturated carbocycles. The third-order valence-electron chi connectivity index (χ3n) is 4.95. The third kappa shape index (κ3) is 3.87. The molecule has 1 amide bonds. The predicted molar refractivity (Wildman–Crippen MR) is 105 cm³/mol. The fourth-order valence-electron chi connectivity index (χ4n) is 3.24. The molecule has 26 heavy (non-hydrogen) atoms. The largest absolute Gasteiger partial charge is 0.399 e. The first-order valence-corrected chi connectivity index (χ1v) is 8.87. The molecule has 136 valence electrons. The van der Waals surface area contributed by atoms with E-state index >= 15 is 0 Å². The first-order chi connectivity index (χ1) is 12.6. The third-order valence-corrected chi connectivity index (χ3v) is 4.95. The van der Waals surface area contributed by atoms with Crippen molar-refractivity contribution in [3.63, 3.8) is 0 Å². The molecule has 1 fully saturated rings. The van der Waals surface area contributed by atoms with Crippen LogP contribution in [0, 0.1) is 13.8 Å². The lowest BCUT2D eigenvalue weighted by atomic mass is 10.1. The van der Waals surface area contributed by atoms with Crippen molar-refractivity contribution >= 4 is 17.8 Å². The number of benzene rings is 2. The summed E-state index contributed by atoms with van der Waals surface area (Å²) in [5.41, 5.74) is 5.51. The minimum Gasteiger partial charge on any atom is -0.399 e. The summed E-state index contributed by atoms with van der Waals surface area (Å²) in [6.07, 6.45) is 1.62. The monoisotopic (exact) mass is 351 g/mol. The predicted octanol–water partition coefficient (Wildman–Crippen LogP) is 3.25. The standard InChI is InChI=1S/C21H25N3O2/c1-16-5-4-6-20(17(16)2)23-11-13-24(14-12-23)21(25)19-9-7-18(8-10-19)15-22-26-3/h4-10,15H,11-14H2,1-3H3/b22-15+. The lowest BCUT2D eigenvalue weighted by molar-refractivity contribution is 0.0747. The van der Waals surface area contributed by atoms with Crippen LogP contribution in [0.5, 0.6) is 0 Å². The average molecular weight is 351 g/mol. The molecule has 0 bridgehead atoms. The molecule has 1 aliphatic rings. The molecule has 0 unspecified atom stereocenters. The fraction of sp³-hybridized carbons (Fsp3) is 0.333. The Bertz CT molecular complexity index is 791. The Morgan fingerprint density at radius 3 is 2.38 bits per heavy atom. The molecule has 2 aromatic carbocycles. The maximum absolute atomic E-state index is 12.7. The fourth-order valence-corrected chi connectivity index (χ4v) is 3.24. The summed E-state index contributed by atoms with van der Waals surface area (Å²) in [6, 6.07) is 13.8. The normalized spacial score (nSPS) is 14.7. The number of piperazine rings is 1. The second kappa shape index (κ2) is 8.04. The van der Waals surface area contributed by atoms with Gasteiger partial charge in [-0.05, 0) is 48.7 Å². The summed E-state index contributed by atoms with van der Waals surface area (Å²) in [4.78, 5) is 21.7. The van der Waals surface area contributed by atoms with Gasteiger partial charge in [-0.25, -0.2) is 0 Å². The molecule has 5 heteroatoms. The lowest BCUT2D eigenvalue weighted by Crippen LogP contribution is -2.49. The van der Waals surface area contributed by atoms with Crippen molar-refractivity contribution in [3.8, 4) is 0 Å². The first kappa shape index (κ1) is 18.0. The van der Waals surface area contributed by atoms with Gasteiger partial charge in [0.2, 0.25) is 0 Å². The van der Waals surface area contributed by atoms with Gasteiger partial charge < -0.3 is 14.6 Å². The summed E-state index contributed by atoms with van der Waals surface area (Å²) in [5, 5.41) is 3.73. The highest BCUT2D eigenvalue weighted by atomic mass is 16.6. The van der Waals surface area contributed by atoms with Gasteiger partial charge in [0.25, 0.3) is 5.91 Å². The minimum atomic E-state index is 0.0841.